The zero-order chi connectivity index (χ0) is 11.5. The van der Waals surface area contributed by atoms with E-state index in [0.29, 0.717) is 10.8 Å². The first-order chi connectivity index (χ1) is 6.99. The van der Waals surface area contributed by atoms with Crippen LogP contribution in [0, 0.1) is 0 Å². The van der Waals surface area contributed by atoms with E-state index in [4.69, 9.17) is 17.3 Å². The first-order valence-corrected chi connectivity index (χ1v) is 7.15. The average molecular weight is 269 g/mol. The fourth-order valence-electron chi connectivity index (χ4n) is 1.02. The summed E-state index contributed by atoms with van der Waals surface area (Å²) in [5.41, 5.74) is 5.42. The Morgan fingerprint density at radius 2 is 2.27 bits per heavy atom. The standard InChI is InChI=1S/C8H13ClN2O2S2/c1-2-6(5-10)11-15(12,13)8-4-3-7(9)14-8/h3-4,6,11H,2,5,10H2,1H3. The lowest BCUT2D eigenvalue weighted by Crippen LogP contribution is -2.39. The Kier molecular flexibility index (Phi) is 4.54. The van der Waals surface area contributed by atoms with E-state index in [2.05, 4.69) is 4.72 Å². The number of rotatable bonds is 5. The Hall–Kier alpha value is -0.140. The van der Waals surface area contributed by atoms with Crippen LogP contribution in [0.25, 0.3) is 0 Å². The molecule has 0 aliphatic heterocycles. The molecule has 1 atom stereocenters. The number of thiophene rings is 1. The van der Waals surface area contributed by atoms with Crippen molar-refractivity contribution in [3.8, 4) is 0 Å². The summed E-state index contributed by atoms with van der Waals surface area (Å²) >= 11 is 6.70. The molecule has 1 rings (SSSR count). The molecule has 0 saturated carbocycles. The van der Waals surface area contributed by atoms with Gasteiger partial charge in [-0.2, -0.15) is 0 Å². The highest BCUT2D eigenvalue weighted by Crippen LogP contribution is 2.25. The third-order valence-corrected chi connectivity index (χ3v) is 5.16. The highest BCUT2D eigenvalue weighted by atomic mass is 35.5. The van der Waals surface area contributed by atoms with Crippen LogP contribution >= 0.6 is 22.9 Å². The summed E-state index contributed by atoms with van der Waals surface area (Å²) in [6, 6.07) is 2.82. The van der Waals surface area contributed by atoms with E-state index in [9.17, 15) is 8.42 Å². The van der Waals surface area contributed by atoms with Crippen LogP contribution in [0.1, 0.15) is 13.3 Å². The SMILES string of the molecule is CCC(CN)NS(=O)(=O)c1ccc(Cl)s1. The lowest BCUT2D eigenvalue weighted by Gasteiger charge is -2.13. The maximum absolute atomic E-state index is 11.8. The molecule has 0 aliphatic carbocycles. The van der Waals surface area contributed by atoms with Crippen molar-refractivity contribution in [3.05, 3.63) is 16.5 Å². The van der Waals surface area contributed by atoms with Gasteiger partial charge in [-0.25, -0.2) is 13.1 Å². The van der Waals surface area contributed by atoms with Gasteiger partial charge in [0.2, 0.25) is 10.0 Å². The van der Waals surface area contributed by atoms with Gasteiger partial charge in [-0.1, -0.05) is 18.5 Å². The van der Waals surface area contributed by atoms with Crippen molar-refractivity contribution in [3.63, 3.8) is 0 Å². The minimum atomic E-state index is -3.46. The fourth-order valence-corrected chi connectivity index (χ4v) is 3.85. The van der Waals surface area contributed by atoms with Crippen LogP contribution < -0.4 is 10.5 Å². The summed E-state index contributed by atoms with van der Waals surface area (Å²) in [6.45, 7) is 2.16. The summed E-state index contributed by atoms with van der Waals surface area (Å²) < 4.78 is 26.7. The number of hydrogen-bond acceptors (Lipinski definition) is 4. The number of nitrogens with one attached hydrogen (secondary N) is 1. The van der Waals surface area contributed by atoms with Crippen LogP contribution in [0.4, 0.5) is 0 Å². The highest BCUT2D eigenvalue weighted by molar-refractivity contribution is 7.91. The molecular weight excluding hydrogens is 256 g/mol. The summed E-state index contributed by atoms with van der Waals surface area (Å²) in [5, 5.41) is 0. The second-order valence-corrected chi connectivity index (χ2v) is 6.68. The molecular formula is C8H13ClN2O2S2. The van der Waals surface area contributed by atoms with Crippen LogP contribution in [0.3, 0.4) is 0 Å². The first kappa shape index (κ1) is 12.9. The van der Waals surface area contributed by atoms with Crippen molar-refractivity contribution < 1.29 is 8.42 Å². The zero-order valence-corrected chi connectivity index (χ0v) is 10.6. The summed E-state index contributed by atoms with van der Waals surface area (Å²) in [5.74, 6) is 0. The van der Waals surface area contributed by atoms with Gasteiger partial charge in [0, 0.05) is 12.6 Å². The molecule has 1 unspecified atom stereocenters. The van der Waals surface area contributed by atoms with Crippen LogP contribution in [0.5, 0.6) is 0 Å². The molecule has 86 valence electrons. The molecule has 0 amide bonds. The molecule has 15 heavy (non-hydrogen) atoms. The monoisotopic (exact) mass is 268 g/mol. The second kappa shape index (κ2) is 5.27. The predicted octanol–water partition coefficient (Wildman–Crippen LogP) is 1.42. The minimum absolute atomic E-state index is 0.222. The topological polar surface area (TPSA) is 72.2 Å². The van der Waals surface area contributed by atoms with E-state index in [1.54, 1.807) is 6.07 Å². The Labute approximate surface area is 98.5 Å². The van der Waals surface area contributed by atoms with Gasteiger partial charge in [0.25, 0.3) is 0 Å². The smallest absolute Gasteiger partial charge is 0.250 e. The van der Waals surface area contributed by atoms with Crippen LogP contribution in [-0.4, -0.2) is 21.0 Å². The molecule has 1 aromatic heterocycles. The fraction of sp³-hybridized carbons (Fsp3) is 0.500. The molecule has 0 spiro atoms. The van der Waals surface area contributed by atoms with E-state index >= 15 is 0 Å². The normalized spacial score (nSPS) is 14.1. The van der Waals surface area contributed by atoms with E-state index in [1.165, 1.54) is 6.07 Å². The maximum Gasteiger partial charge on any atom is 0.250 e. The third-order valence-electron chi connectivity index (χ3n) is 1.91. The zero-order valence-electron chi connectivity index (χ0n) is 8.23. The van der Waals surface area contributed by atoms with Gasteiger partial charge in [0.15, 0.2) is 0 Å². The van der Waals surface area contributed by atoms with E-state index in [-0.39, 0.29) is 16.8 Å². The first-order valence-electron chi connectivity index (χ1n) is 4.47. The van der Waals surface area contributed by atoms with E-state index in [1.807, 2.05) is 6.92 Å². The molecule has 7 heteroatoms. The molecule has 1 heterocycles. The number of nitrogens with two attached hydrogens (primary N) is 1. The summed E-state index contributed by atoms with van der Waals surface area (Å²) in [7, 11) is -3.46. The molecule has 4 nitrogen and oxygen atoms in total. The van der Waals surface area contributed by atoms with Crippen LogP contribution in [-0.2, 0) is 10.0 Å². The van der Waals surface area contributed by atoms with Gasteiger partial charge in [0.05, 0.1) is 4.34 Å². The largest absolute Gasteiger partial charge is 0.329 e. The maximum atomic E-state index is 11.8. The van der Waals surface area contributed by atoms with Crippen LogP contribution in [0.15, 0.2) is 16.3 Å². The Morgan fingerprint density at radius 1 is 1.60 bits per heavy atom. The number of halogens is 1. The number of hydrogen-bond donors (Lipinski definition) is 2. The molecule has 1 aromatic rings. The van der Waals surface area contributed by atoms with Crippen LogP contribution in [0.2, 0.25) is 4.34 Å². The second-order valence-electron chi connectivity index (χ2n) is 3.02. The molecule has 0 bridgehead atoms. The minimum Gasteiger partial charge on any atom is -0.329 e. The van der Waals surface area contributed by atoms with Gasteiger partial charge in [0.1, 0.15) is 4.21 Å². The van der Waals surface area contributed by atoms with Gasteiger partial charge in [-0.15, -0.1) is 11.3 Å². The van der Waals surface area contributed by atoms with E-state index in [0.717, 1.165) is 11.3 Å². The van der Waals surface area contributed by atoms with E-state index < -0.39 is 10.0 Å². The summed E-state index contributed by atoms with van der Waals surface area (Å²) in [6.07, 6.45) is 0.662. The van der Waals surface area contributed by atoms with Crippen molar-refractivity contribution in [2.75, 3.05) is 6.54 Å². The molecule has 0 fully saturated rings. The summed E-state index contributed by atoms with van der Waals surface area (Å²) in [4.78, 5) is 0. The number of sulfonamides is 1. The van der Waals surface area contributed by atoms with Gasteiger partial charge in [-0.05, 0) is 18.6 Å². The Balaban J connectivity index is 2.84. The highest BCUT2D eigenvalue weighted by Gasteiger charge is 2.19. The van der Waals surface area contributed by atoms with Crippen molar-refractivity contribution in [1.82, 2.24) is 4.72 Å². The predicted molar refractivity (Wildman–Crippen MR) is 62.8 cm³/mol. The van der Waals surface area contributed by atoms with Gasteiger partial charge in [-0.3, -0.25) is 0 Å². The van der Waals surface area contributed by atoms with Gasteiger partial charge >= 0.3 is 0 Å². The molecule has 0 radical (unpaired) electrons. The van der Waals surface area contributed by atoms with Crippen molar-refractivity contribution in [1.29, 1.82) is 0 Å². The average Bonchev–Trinajstić information content (AvgIpc) is 2.62. The van der Waals surface area contributed by atoms with Crippen molar-refractivity contribution in [2.24, 2.45) is 5.73 Å². The lowest BCUT2D eigenvalue weighted by atomic mass is 10.2. The molecule has 0 aliphatic rings. The quantitative estimate of drug-likeness (QED) is 0.848. The third kappa shape index (κ3) is 3.42. The van der Waals surface area contributed by atoms with Gasteiger partial charge < -0.3 is 5.73 Å². The Morgan fingerprint density at radius 3 is 2.67 bits per heavy atom. The van der Waals surface area contributed by atoms with Crippen molar-refractivity contribution >= 4 is 33.0 Å². The van der Waals surface area contributed by atoms with Crippen molar-refractivity contribution in [2.45, 2.75) is 23.6 Å². The molecule has 0 saturated heterocycles. The Bertz CT molecular complexity index is 412. The molecule has 3 N–H and O–H groups in total. The molecule has 0 aromatic carbocycles. The lowest BCUT2D eigenvalue weighted by molar-refractivity contribution is 0.544.